The van der Waals surface area contributed by atoms with Crippen molar-refractivity contribution in [3.05, 3.63) is 0 Å². The molecule has 1 aliphatic carbocycles. The van der Waals surface area contributed by atoms with Gasteiger partial charge < -0.3 is 14.9 Å². The van der Waals surface area contributed by atoms with Crippen LogP contribution in [0.5, 0.6) is 0 Å². The van der Waals surface area contributed by atoms with Crippen molar-refractivity contribution in [2.45, 2.75) is 102 Å². The van der Waals surface area contributed by atoms with Gasteiger partial charge in [0, 0.05) is 31.6 Å². The van der Waals surface area contributed by atoms with E-state index in [0.717, 1.165) is 19.3 Å². The number of hydrogen-bond donors (Lipinski definition) is 2. The third kappa shape index (κ3) is 5.50. The zero-order valence-corrected chi connectivity index (χ0v) is 17.0. The van der Waals surface area contributed by atoms with Crippen molar-refractivity contribution in [3.8, 4) is 0 Å². The largest absolute Gasteiger partial charge is 0.481 e. The summed E-state index contributed by atoms with van der Waals surface area (Å²) in [5.41, 5.74) is 0. The number of halogens is 2. The zero-order chi connectivity index (χ0) is 20.9. The van der Waals surface area contributed by atoms with Gasteiger partial charge in [-0.1, -0.05) is 39.5 Å². The van der Waals surface area contributed by atoms with Gasteiger partial charge in [-0.2, -0.15) is 0 Å². The average Bonchev–Trinajstić information content (AvgIpc) is 2.91. The number of Topliss-reactive ketones (excluding diaryl/α,β-unsaturated/α-hetero) is 1. The fraction of sp³-hybridized carbons (Fsp3) is 0.905. The number of carboxylic acid groups (broad SMARTS) is 1. The van der Waals surface area contributed by atoms with Gasteiger partial charge in [-0.25, -0.2) is 8.78 Å². The first kappa shape index (κ1) is 23.2. The number of carbonyl (C=O) groups excluding carboxylic acids is 1. The van der Waals surface area contributed by atoms with Crippen LogP contribution < -0.4 is 0 Å². The Kier molecular flexibility index (Phi) is 7.97. The molecule has 0 amide bonds. The Morgan fingerprint density at radius 3 is 2.64 bits per heavy atom. The Morgan fingerprint density at radius 2 is 2.00 bits per heavy atom. The monoisotopic (exact) mass is 404 g/mol. The molecule has 0 aromatic rings. The Bertz CT molecular complexity index is 553. The normalized spacial score (nSPS) is 31.6. The van der Waals surface area contributed by atoms with E-state index in [1.807, 2.05) is 6.92 Å². The van der Waals surface area contributed by atoms with Crippen molar-refractivity contribution < 1.29 is 33.3 Å². The standard InChI is InChI=1S/C21H34F2O5/c1-3-14(2)13-20(22,23)21(27)11-10-16-15(17(24)12-18(16)28-21)8-6-4-5-7-9-19(25)26/h14-16,18,27H,3-13H2,1-2H3,(H,25,26)/t14-,15?,16+,18+,21+/m0/s1. The van der Waals surface area contributed by atoms with Crippen LogP contribution in [-0.2, 0) is 14.3 Å². The highest BCUT2D eigenvalue weighted by Crippen LogP contribution is 2.50. The van der Waals surface area contributed by atoms with Crippen molar-refractivity contribution in [1.82, 2.24) is 0 Å². The third-order valence-corrected chi connectivity index (χ3v) is 6.50. The van der Waals surface area contributed by atoms with Crippen LogP contribution in [-0.4, -0.2) is 39.8 Å². The molecule has 5 nitrogen and oxygen atoms in total. The summed E-state index contributed by atoms with van der Waals surface area (Å²) in [6.45, 7) is 3.57. The molecule has 0 bridgehead atoms. The molecule has 2 rings (SSSR count). The average molecular weight is 404 g/mol. The first-order valence-corrected chi connectivity index (χ1v) is 10.6. The summed E-state index contributed by atoms with van der Waals surface area (Å²) < 4.78 is 34.8. The highest BCUT2D eigenvalue weighted by Gasteiger charge is 2.60. The lowest BCUT2D eigenvalue weighted by Gasteiger charge is -2.44. The van der Waals surface area contributed by atoms with Crippen molar-refractivity contribution in [1.29, 1.82) is 0 Å². The summed E-state index contributed by atoms with van der Waals surface area (Å²) in [6, 6.07) is 0. The summed E-state index contributed by atoms with van der Waals surface area (Å²) in [5, 5.41) is 19.2. The number of alkyl halides is 2. The number of aliphatic carboxylic acids is 1. The lowest BCUT2D eigenvalue weighted by molar-refractivity contribution is -0.358. The van der Waals surface area contributed by atoms with E-state index in [9.17, 15) is 23.5 Å². The van der Waals surface area contributed by atoms with E-state index in [1.165, 1.54) is 0 Å². The molecular formula is C21H34F2O5. The molecule has 7 heteroatoms. The molecule has 1 heterocycles. The quantitative estimate of drug-likeness (QED) is 0.493. The van der Waals surface area contributed by atoms with Gasteiger partial charge in [0.1, 0.15) is 5.78 Å². The topological polar surface area (TPSA) is 83.8 Å². The zero-order valence-electron chi connectivity index (χ0n) is 17.0. The van der Waals surface area contributed by atoms with Crippen LogP contribution in [0.3, 0.4) is 0 Å². The van der Waals surface area contributed by atoms with E-state index in [2.05, 4.69) is 0 Å². The van der Waals surface area contributed by atoms with E-state index in [4.69, 9.17) is 9.84 Å². The van der Waals surface area contributed by atoms with Crippen LogP contribution in [0, 0.1) is 17.8 Å². The van der Waals surface area contributed by atoms with Crippen molar-refractivity contribution in [2.24, 2.45) is 17.8 Å². The van der Waals surface area contributed by atoms with Crippen LogP contribution >= 0.6 is 0 Å². The minimum Gasteiger partial charge on any atom is -0.481 e. The summed E-state index contributed by atoms with van der Waals surface area (Å²) in [6.07, 6.45) is 3.79. The lowest BCUT2D eigenvalue weighted by Crippen LogP contribution is -2.56. The first-order chi connectivity index (χ1) is 13.1. The van der Waals surface area contributed by atoms with Gasteiger partial charge in [0.15, 0.2) is 0 Å². The van der Waals surface area contributed by atoms with Gasteiger partial charge in [0.25, 0.3) is 0 Å². The Balaban J connectivity index is 1.87. The number of ketones is 1. The fourth-order valence-electron chi connectivity index (χ4n) is 4.57. The van der Waals surface area contributed by atoms with Crippen molar-refractivity contribution in [2.75, 3.05) is 0 Å². The highest BCUT2D eigenvalue weighted by molar-refractivity contribution is 5.84. The van der Waals surface area contributed by atoms with E-state index >= 15 is 0 Å². The molecule has 1 saturated heterocycles. The number of ether oxygens (including phenoxy) is 1. The molecule has 1 saturated carbocycles. The summed E-state index contributed by atoms with van der Waals surface area (Å²) in [7, 11) is 0. The lowest BCUT2D eigenvalue weighted by atomic mass is 9.81. The molecule has 2 N–H and O–H groups in total. The number of unbranched alkanes of at least 4 members (excludes halogenated alkanes) is 3. The molecule has 2 aliphatic rings. The van der Waals surface area contributed by atoms with E-state index in [-0.39, 0.29) is 42.8 Å². The first-order valence-electron chi connectivity index (χ1n) is 10.6. The van der Waals surface area contributed by atoms with Gasteiger partial charge in [0.05, 0.1) is 6.10 Å². The third-order valence-electron chi connectivity index (χ3n) is 6.50. The molecule has 1 aliphatic heterocycles. The number of rotatable bonds is 11. The molecule has 5 atom stereocenters. The van der Waals surface area contributed by atoms with Crippen molar-refractivity contribution >= 4 is 11.8 Å². The predicted molar refractivity (Wildman–Crippen MR) is 100 cm³/mol. The Hall–Kier alpha value is -1.08. The van der Waals surface area contributed by atoms with Gasteiger partial charge in [-0.05, 0) is 31.1 Å². The number of carboxylic acids is 1. The predicted octanol–water partition coefficient (Wildman–Crippen LogP) is 4.56. The SMILES string of the molecule is CC[C@H](C)CC(F)(F)[C@@]1(O)CC[C@@H]2C(CCCCCCC(=O)O)C(=O)C[C@H]2O1. The minimum atomic E-state index is -3.33. The molecule has 0 spiro atoms. The van der Waals surface area contributed by atoms with Crippen LogP contribution in [0.4, 0.5) is 8.78 Å². The Labute approximate surface area is 165 Å². The molecular weight excluding hydrogens is 370 g/mol. The second kappa shape index (κ2) is 9.61. The van der Waals surface area contributed by atoms with Gasteiger partial charge in [0.2, 0.25) is 5.79 Å². The van der Waals surface area contributed by atoms with Crippen molar-refractivity contribution in [3.63, 3.8) is 0 Å². The molecule has 0 aromatic carbocycles. The molecule has 2 fully saturated rings. The summed E-state index contributed by atoms with van der Waals surface area (Å²) >= 11 is 0. The van der Waals surface area contributed by atoms with Crippen LogP contribution in [0.2, 0.25) is 0 Å². The van der Waals surface area contributed by atoms with Crippen LogP contribution in [0.25, 0.3) is 0 Å². The molecule has 162 valence electrons. The van der Waals surface area contributed by atoms with Gasteiger partial charge in [-0.15, -0.1) is 0 Å². The smallest absolute Gasteiger partial charge is 0.303 e. The highest BCUT2D eigenvalue weighted by atomic mass is 19.3. The Morgan fingerprint density at radius 1 is 1.32 bits per heavy atom. The van der Waals surface area contributed by atoms with Gasteiger partial charge in [-0.3, -0.25) is 9.59 Å². The van der Waals surface area contributed by atoms with E-state index in [0.29, 0.717) is 25.7 Å². The summed E-state index contributed by atoms with van der Waals surface area (Å²) in [4.78, 5) is 22.9. The van der Waals surface area contributed by atoms with Crippen LogP contribution in [0.1, 0.15) is 84.5 Å². The summed E-state index contributed by atoms with van der Waals surface area (Å²) in [5.74, 6) is -7.11. The minimum absolute atomic E-state index is 0.0371. The molecule has 28 heavy (non-hydrogen) atoms. The fourth-order valence-corrected chi connectivity index (χ4v) is 4.57. The maximum atomic E-state index is 14.7. The number of carbonyl (C=O) groups is 2. The molecule has 1 unspecified atom stereocenters. The van der Waals surface area contributed by atoms with E-state index in [1.54, 1.807) is 6.92 Å². The van der Waals surface area contributed by atoms with Gasteiger partial charge >= 0.3 is 11.9 Å². The second-order valence-corrected chi connectivity index (χ2v) is 8.69. The number of aliphatic hydroxyl groups is 1. The molecule has 0 aromatic heterocycles. The second-order valence-electron chi connectivity index (χ2n) is 8.69. The maximum absolute atomic E-state index is 14.7. The van der Waals surface area contributed by atoms with E-state index < -0.39 is 30.2 Å². The number of fused-ring (bicyclic) bond motifs is 1. The van der Waals surface area contributed by atoms with Crippen LogP contribution in [0.15, 0.2) is 0 Å². The molecule has 0 radical (unpaired) electrons. The number of hydrogen-bond acceptors (Lipinski definition) is 4. The maximum Gasteiger partial charge on any atom is 0.303 e.